The number of allylic oxidation sites excluding steroid dienone is 1. The van der Waals surface area contributed by atoms with Crippen molar-refractivity contribution in [2.75, 3.05) is 13.8 Å². The molecular weight excluding hydrogens is 582 g/mol. The van der Waals surface area contributed by atoms with Crippen LogP contribution < -0.4 is 10.1 Å². The van der Waals surface area contributed by atoms with Crippen molar-refractivity contribution in [3.63, 3.8) is 0 Å². The molecule has 240 valence electrons. The first-order valence-electron chi connectivity index (χ1n) is 15.3. The fourth-order valence-electron chi connectivity index (χ4n) is 5.77. The van der Waals surface area contributed by atoms with E-state index in [1.165, 1.54) is 7.11 Å². The Bertz CT molecular complexity index is 1720. The van der Waals surface area contributed by atoms with E-state index in [0.717, 1.165) is 27.1 Å². The summed E-state index contributed by atoms with van der Waals surface area (Å²) in [6.45, 7) is 6.30. The Kier molecular flexibility index (Phi) is 10.7. The van der Waals surface area contributed by atoms with Crippen molar-refractivity contribution in [3.8, 4) is 5.75 Å². The Hall–Kier alpha value is -4.82. The molecule has 0 radical (unpaired) electrons. The number of hydrogen-bond acceptors (Lipinski definition) is 7. The van der Waals surface area contributed by atoms with E-state index in [2.05, 4.69) is 23.5 Å². The molecule has 0 saturated carbocycles. The summed E-state index contributed by atoms with van der Waals surface area (Å²) in [7, 11) is 1.28. The summed E-state index contributed by atoms with van der Waals surface area (Å²) in [6, 6.07) is 24.6. The number of aliphatic hydroxyl groups excluding tert-OH is 1. The van der Waals surface area contributed by atoms with Gasteiger partial charge in [0.05, 0.1) is 17.9 Å². The third kappa shape index (κ3) is 7.69. The monoisotopic (exact) mass is 623 g/mol. The van der Waals surface area contributed by atoms with Gasteiger partial charge >= 0.3 is 11.9 Å². The molecule has 0 spiro atoms. The van der Waals surface area contributed by atoms with Crippen molar-refractivity contribution in [3.05, 3.63) is 96.1 Å². The van der Waals surface area contributed by atoms with E-state index in [0.29, 0.717) is 12.0 Å². The second-order valence-corrected chi connectivity index (χ2v) is 12.4. The number of rotatable bonds is 13. The van der Waals surface area contributed by atoms with E-state index in [1.54, 1.807) is 51.1 Å². The predicted octanol–water partition coefficient (Wildman–Crippen LogP) is 6.87. The third-order valence-electron chi connectivity index (χ3n) is 8.65. The van der Waals surface area contributed by atoms with Crippen molar-refractivity contribution in [2.24, 2.45) is 16.7 Å². The van der Waals surface area contributed by atoms with Crippen LogP contribution in [0.1, 0.15) is 62.9 Å². The molecule has 8 nitrogen and oxygen atoms in total. The number of amides is 1. The van der Waals surface area contributed by atoms with Crippen molar-refractivity contribution < 1.29 is 33.8 Å². The Balaban J connectivity index is 1.50. The minimum Gasteiger partial charge on any atom is -0.469 e. The van der Waals surface area contributed by atoms with Gasteiger partial charge in [-0.05, 0) is 110 Å². The first-order chi connectivity index (χ1) is 21.9. The summed E-state index contributed by atoms with van der Waals surface area (Å²) in [4.78, 5) is 51.8. The summed E-state index contributed by atoms with van der Waals surface area (Å²) < 4.78 is 10.6. The summed E-state index contributed by atoms with van der Waals surface area (Å²) in [5.74, 6) is -2.21. The van der Waals surface area contributed by atoms with Crippen LogP contribution in [-0.4, -0.2) is 42.6 Å². The van der Waals surface area contributed by atoms with Crippen molar-refractivity contribution in [1.82, 2.24) is 5.32 Å². The Morgan fingerprint density at radius 1 is 0.848 bits per heavy atom. The van der Waals surface area contributed by atoms with Crippen LogP contribution in [-0.2, 0) is 19.1 Å². The van der Waals surface area contributed by atoms with Gasteiger partial charge in [0.25, 0.3) is 0 Å². The predicted molar refractivity (Wildman–Crippen MR) is 179 cm³/mol. The van der Waals surface area contributed by atoms with E-state index in [-0.39, 0.29) is 24.4 Å². The average Bonchev–Trinajstić information content (AvgIpc) is 3.05. The second-order valence-electron chi connectivity index (χ2n) is 12.4. The van der Waals surface area contributed by atoms with Crippen molar-refractivity contribution in [2.45, 2.75) is 47.0 Å². The van der Waals surface area contributed by atoms with Gasteiger partial charge in [0.1, 0.15) is 12.5 Å². The highest BCUT2D eigenvalue weighted by Gasteiger charge is 2.42. The maximum absolute atomic E-state index is 13.5. The fourth-order valence-corrected chi connectivity index (χ4v) is 5.77. The maximum Gasteiger partial charge on any atom is 0.317 e. The van der Waals surface area contributed by atoms with Gasteiger partial charge in [-0.15, -0.1) is 0 Å². The summed E-state index contributed by atoms with van der Waals surface area (Å²) in [5.41, 5.74) is -0.679. The number of ketones is 1. The quantitative estimate of drug-likeness (QED) is 0.0417. The summed E-state index contributed by atoms with van der Waals surface area (Å²) in [6.07, 6.45) is 3.94. The number of aliphatic hydroxyl groups is 1. The number of benzene rings is 4. The number of hydrogen-bond donors (Lipinski definition) is 2. The van der Waals surface area contributed by atoms with Gasteiger partial charge in [0, 0.05) is 11.5 Å². The van der Waals surface area contributed by atoms with Crippen LogP contribution in [0.3, 0.4) is 0 Å². The molecule has 0 aliphatic carbocycles. The number of ether oxygens (including phenoxy) is 2. The smallest absolute Gasteiger partial charge is 0.317 e. The van der Waals surface area contributed by atoms with Crippen LogP contribution >= 0.6 is 0 Å². The molecule has 4 rings (SSSR count). The van der Waals surface area contributed by atoms with Gasteiger partial charge in [0.2, 0.25) is 5.91 Å². The molecule has 4 aromatic rings. The number of fused-ring (bicyclic) bond motifs is 2. The van der Waals surface area contributed by atoms with Crippen LogP contribution in [0.2, 0.25) is 0 Å². The van der Waals surface area contributed by atoms with Gasteiger partial charge in [-0.2, -0.15) is 0 Å². The number of carbonyl (C=O) groups excluding carboxylic acids is 4. The Morgan fingerprint density at radius 3 is 1.98 bits per heavy atom. The van der Waals surface area contributed by atoms with E-state index >= 15 is 0 Å². The molecule has 0 aromatic heterocycles. The lowest BCUT2D eigenvalue weighted by atomic mass is 9.73. The molecule has 1 amide bonds. The zero-order valence-electron chi connectivity index (χ0n) is 27.0. The molecule has 0 aliphatic rings. The summed E-state index contributed by atoms with van der Waals surface area (Å²) in [5, 5.41) is 16.0. The van der Waals surface area contributed by atoms with Gasteiger partial charge in [0.15, 0.2) is 5.78 Å². The molecule has 0 saturated heterocycles. The zero-order chi connectivity index (χ0) is 33.5. The molecule has 0 bridgehead atoms. The summed E-state index contributed by atoms with van der Waals surface area (Å²) >= 11 is 0. The highest BCUT2D eigenvalue weighted by molar-refractivity contribution is 6.11. The fraction of sp³-hybridized carbons (Fsp3) is 0.316. The number of esters is 2. The van der Waals surface area contributed by atoms with Crippen molar-refractivity contribution in [1.29, 1.82) is 0 Å². The molecule has 0 aliphatic heterocycles. The molecule has 0 fully saturated rings. The second kappa shape index (κ2) is 14.5. The van der Waals surface area contributed by atoms with Crippen molar-refractivity contribution >= 4 is 51.2 Å². The average molecular weight is 624 g/mol. The molecule has 2 N–H and O–H groups in total. The largest absolute Gasteiger partial charge is 0.469 e. The van der Waals surface area contributed by atoms with Crippen LogP contribution in [0.25, 0.3) is 27.6 Å². The lowest BCUT2D eigenvalue weighted by molar-refractivity contribution is -0.153. The molecule has 2 unspecified atom stereocenters. The molecule has 46 heavy (non-hydrogen) atoms. The van der Waals surface area contributed by atoms with Crippen LogP contribution in [0.4, 0.5) is 0 Å². The van der Waals surface area contributed by atoms with Gasteiger partial charge in [-0.3, -0.25) is 19.2 Å². The van der Waals surface area contributed by atoms with Crippen LogP contribution in [0.15, 0.2) is 84.9 Å². The molecular formula is C38H41NO7. The van der Waals surface area contributed by atoms with Crippen LogP contribution in [0, 0.1) is 16.7 Å². The van der Waals surface area contributed by atoms with Crippen LogP contribution in [0.5, 0.6) is 5.75 Å². The number of carbonyl (C=O) groups is 4. The zero-order valence-corrected chi connectivity index (χ0v) is 27.0. The van der Waals surface area contributed by atoms with E-state index in [1.807, 2.05) is 49.4 Å². The Labute approximate surface area is 269 Å². The minimum absolute atomic E-state index is 0.0821. The molecule has 2 atom stereocenters. The first kappa shape index (κ1) is 34.1. The Morgan fingerprint density at radius 2 is 1.43 bits per heavy atom. The molecule has 4 aromatic carbocycles. The van der Waals surface area contributed by atoms with Gasteiger partial charge in [-0.25, -0.2) is 0 Å². The number of methoxy groups -OCH3 is 1. The van der Waals surface area contributed by atoms with E-state index in [9.17, 15) is 24.3 Å². The molecule has 8 heteroatoms. The van der Waals surface area contributed by atoms with E-state index < -0.39 is 41.3 Å². The lowest BCUT2D eigenvalue weighted by Gasteiger charge is -2.33. The number of nitrogens with one attached hydrogen (secondary N) is 1. The molecule has 0 heterocycles. The van der Waals surface area contributed by atoms with Gasteiger partial charge in [-0.1, -0.05) is 55.5 Å². The topological polar surface area (TPSA) is 119 Å². The minimum atomic E-state index is -1.08. The SMILES string of the molecule is CCC(C)(CC(CC(C)(C)C(=O)OC)C(=O)NCO)C(=O)Oc1ccc(C(=O)/C=C/c2c3ccccc3cc3ccccc23)cc1. The maximum atomic E-state index is 13.5. The third-order valence-corrected chi connectivity index (χ3v) is 8.65. The van der Waals surface area contributed by atoms with Gasteiger partial charge < -0.3 is 19.9 Å². The lowest BCUT2D eigenvalue weighted by Crippen LogP contribution is -2.42. The highest BCUT2D eigenvalue weighted by Crippen LogP contribution is 2.38. The first-order valence-corrected chi connectivity index (χ1v) is 15.3. The normalized spacial score (nSPS) is 13.7. The standard InChI is InChI=1S/C38H41NO7/c1-6-38(4,23-28(34(42)39-24-40)22-37(2,3)35(43)45-5)36(44)46-29-17-15-25(16-18-29)33(41)20-19-32-30-13-9-7-11-26(30)21-27-12-8-10-14-31(27)32/h7-21,28,40H,6,22-24H2,1-5H3,(H,39,42)/b20-19+. The van der Waals surface area contributed by atoms with E-state index in [4.69, 9.17) is 9.47 Å². The highest BCUT2D eigenvalue weighted by atomic mass is 16.5.